The van der Waals surface area contributed by atoms with Crippen LogP contribution in [0.4, 0.5) is 5.69 Å². The zero-order chi connectivity index (χ0) is 14.8. The van der Waals surface area contributed by atoms with Gasteiger partial charge in [-0.1, -0.05) is 6.08 Å². The van der Waals surface area contributed by atoms with Crippen LogP contribution in [0.25, 0.3) is 0 Å². The molecule has 0 radical (unpaired) electrons. The molecule has 1 heterocycles. The van der Waals surface area contributed by atoms with E-state index < -0.39 is 10.0 Å². The molecule has 1 aliphatic heterocycles. The molecule has 0 spiro atoms. The molecule has 0 amide bonds. The third kappa shape index (κ3) is 3.20. The van der Waals surface area contributed by atoms with E-state index in [9.17, 15) is 8.42 Å². The summed E-state index contributed by atoms with van der Waals surface area (Å²) < 4.78 is 31.7. The van der Waals surface area contributed by atoms with Gasteiger partial charge in [-0.3, -0.25) is 0 Å². The summed E-state index contributed by atoms with van der Waals surface area (Å²) in [4.78, 5) is 0.263. The quantitative estimate of drug-likeness (QED) is 0.676. The average molecular weight is 296 g/mol. The minimum atomic E-state index is -3.48. The number of hydrogen-bond acceptors (Lipinski definition) is 4. The number of nitrogens with two attached hydrogens (primary N) is 1. The second kappa shape index (κ2) is 5.95. The van der Waals surface area contributed by atoms with Crippen molar-refractivity contribution < 1.29 is 13.2 Å². The molecule has 1 aromatic rings. The van der Waals surface area contributed by atoms with Crippen molar-refractivity contribution in [2.45, 2.75) is 18.2 Å². The Morgan fingerprint density at radius 2 is 2.10 bits per heavy atom. The second-order valence-corrected chi connectivity index (χ2v) is 6.93. The van der Waals surface area contributed by atoms with E-state index in [0.29, 0.717) is 31.8 Å². The number of anilines is 1. The number of nitrogen functional groups attached to an aromatic ring is 1. The van der Waals surface area contributed by atoms with Gasteiger partial charge in [0.25, 0.3) is 0 Å². The van der Waals surface area contributed by atoms with Gasteiger partial charge in [-0.15, -0.1) is 0 Å². The molecule has 1 aromatic carbocycles. The van der Waals surface area contributed by atoms with Crippen molar-refractivity contribution in [3.8, 4) is 0 Å². The fraction of sp³-hybridized carbons (Fsp3) is 0.429. The summed E-state index contributed by atoms with van der Waals surface area (Å²) >= 11 is 0. The van der Waals surface area contributed by atoms with Crippen molar-refractivity contribution in [1.82, 2.24) is 4.31 Å². The van der Waals surface area contributed by atoms with E-state index in [1.807, 2.05) is 13.0 Å². The van der Waals surface area contributed by atoms with Crippen LogP contribution < -0.4 is 5.73 Å². The highest BCUT2D eigenvalue weighted by Crippen LogP contribution is 2.23. The average Bonchev–Trinajstić information content (AvgIpc) is 2.38. The Kier molecular flexibility index (Phi) is 4.47. The predicted octanol–water partition coefficient (Wildman–Crippen LogP) is 1.54. The molecule has 5 nitrogen and oxygen atoms in total. The minimum absolute atomic E-state index is 0.263. The molecule has 110 valence electrons. The maximum absolute atomic E-state index is 12.6. The molecule has 0 saturated heterocycles. The smallest absolute Gasteiger partial charge is 0.243 e. The van der Waals surface area contributed by atoms with Crippen molar-refractivity contribution in [1.29, 1.82) is 0 Å². The number of ether oxygens (including phenoxy) is 1. The fourth-order valence-electron chi connectivity index (χ4n) is 2.30. The first-order valence-corrected chi connectivity index (χ1v) is 7.91. The first-order valence-electron chi connectivity index (χ1n) is 6.47. The van der Waals surface area contributed by atoms with Crippen molar-refractivity contribution >= 4 is 15.7 Å². The molecule has 0 aliphatic carbocycles. The minimum Gasteiger partial charge on any atom is -0.399 e. The van der Waals surface area contributed by atoms with Crippen molar-refractivity contribution in [2.24, 2.45) is 0 Å². The van der Waals surface area contributed by atoms with E-state index in [1.54, 1.807) is 19.2 Å². The lowest BCUT2D eigenvalue weighted by atomic mass is 10.1. The zero-order valence-corrected chi connectivity index (χ0v) is 12.6. The molecule has 0 unspecified atom stereocenters. The van der Waals surface area contributed by atoms with Crippen LogP contribution in [-0.4, -0.2) is 39.5 Å². The third-order valence-electron chi connectivity index (χ3n) is 3.31. The van der Waals surface area contributed by atoms with Gasteiger partial charge in [-0.05, 0) is 42.7 Å². The van der Waals surface area contributed by atoms with E-state index >= 15 is 0 Å². The van der Waals surface area contributed by atoms with Gasteiger partial charge in [0.1, 0.15) is 0 Å². The molecule has 0 atom stereocenters. The van der Waals surface area contributed by atoms with Crippen molar-refractivity contribution in [3.63, 3.8) is 0 Å². The molecular formula is C14H20N2O3S. The summed E-state index contributed by atoms with van der Waals surface area (Å²) in [5.74, 6) is 0. The number of hydrogen-bond donors (Lipinski definition) is 1. The highest BCUT2D eigenvalue weighted by Gasteiger charge is 2.26. The van der Waals surface area contributed by atoms with Gasteiger partial charge in [0, 0.05) is 25.9 Å². The molecule has 2 N–H and O–H groups in total. The summed E-state index contributed by atoms with van der Waals surface area (Å²) in [7, 11) is -1.84. The van der Waals surface area contributed by atoms with E-state index in [1.165, 1.54) is 10.4 Å². The Morgan fingerprint density at radius 3 is 2.65 bits per heavy atom. The topological polar surface area (TPSA) is 72.6 Å². The number of methoxy groups -OCH3 is 1. The molecule has 0 aromatic heterocycles. The van der Waals surface area contributed by atoms with Crippen LogP contribution in [0.1, 0.15) is 12.0 Å². The van der Waals surface area contributed by atoms with Crippen LogP contribution in [0.2, 0.25) is 0 Å². The number of aryl methyl sites for hydroxylation is 1. The standard InChI is InChI=1S/C14H20N2O3S/c1-11-7-13(15)9-14(8-11)20(17,18)16-5-3-12(4-6-16)10-19-2/h3,7-9H,4-6,10,15H2,1-2H3. The Labute approximate surface area is 120 Å². The Bertz CT molecular complexity index is 603. The summed E-state index contributed by atoms with van der Waals surface area (Å²) in [6.45, 7) is 3.26. The normalized spacial score (nSPS) is 17.0. The summed E-state index contributed by atoms with van der Waals surface area (Å²) in [6, 6.07) is 4.92. The highest BCUT2D eigenvalue weighted by atomic mass is 32.2. The van der Waals surface area contributed by atoms with Crippen molar-refractivity contribution in [2.75, 3.05) is 32.5 Å². The lowest BCUT2D eigenvalue weighted by Crippen LogP contribution is -2.35. The van der Waals surface area contributed by atoms with Gasteiger partial charge in [-0.2, -0.15) is 4.31 Å². The Balaban J connectivity index is 2.24. The SMILES string of the molecule is COCC1=CCN(S(=O)(=O)c2cc(C)cc(N)c2)CC1. The third-order valence-corrected chi connectivity index (χ3v) is 5.15. The zero-order valence-electron chi connectivity index (χ0n) is 11.8. The summed E-state index contributed by atoms with van der Waals surface area (Å²) in [5.41, 5.74) is 8.19. The molecule has 0 fully saturated rings. The van der Waals surface area contributed by atoms with E-state index in [-0.39, 0.29) is 4.90 Å². The van der Waals surface area contributed by atoms with Gasteiger partial charge in [-0.25, -0.2) is 8.42 Å². The largest absolute Gasteiger partial charge is 0.399 e. The predicted molar refractivity (Wildman–Crippen MR) is 78.9 cm³/mol. The Hall–Kier alpha value is -1.37. The maximum Gasteiger partial charge on any atom is 0.243 e. The molecule has 6 heteroatoms. The van der Waals surface area contributed by atoms with Crippen LogP contribution in [0, 0.1) is 6.92 Å². The van der Waals surface area contributed by atoms with Gasteiger partial charge < -0.3 is 10.5 Å². The van der Waals surface area contributed by atoms with E-state index in [2.05, 4.69) is 0 Å². The molecule has 20 heavy (non-hydrogen) atoms. The van der Waals surface area contributed by atoms with Crippen LogP contribution >= 0.6 is 0 Å². The van der Waals surface area contributed by atoms with E-state index in [4.69, 9.17) is 10.5 Å². The number of rotatable bonds is 4. The summed E-state index contributed by atoms with van der Waals surface area (Å²) in [5, 5.41) is 0. The van der Waals surface area contributed by atoms with E-state index in [0.717, 1.165) is 11.1 Å². The van der Waals surface area contributed by atoms with Crippen LogP contribution in [0.5, 0.6) is 0 Å². The lowest BCUT2D eigenvalue weighted by molar-refractivity contribution is 0.219. The first-order chi connectivity index (χ1) is 9.43. The Morgan fingerprint density at radius 1 is 1.35 bits per heavy atom. The number of sulfonamides is 1. The molecule has 0 saturated carbocycles. The molecular weight excluding hydrogens is 276 g/mol. The van der Waals surface area contributed by atoms with Gasteiger partial charge >= 0.3 is 0 Å². The van der Waals surface area contributed by atoms with Crippen LogP contribution in [-0.2, 0) is 14.8 Å². The number of benzene rings is 1. The van der Waals surface area contributed by atoms with Gasteiger partial charge in [0.05, 0.1) is 11.5 Å². The highest BCUT2D eigenvalue weighted by molar-refractivity contribution is 7.89. The number of nitrogens with zero attached hydrogens (tertiary/aromatic N) is 1. The molecule has 2 rings (SSSR count). The fourth-order valence-corrected chi connectivity index (χ4v) is 3.82. The second-order valence-electron chi connectivity index (χ2n) is 4.99. The molecule has 1 aliphatic rings. The van der Waals surface area contributed by atoms with Crippen LogP contribution in [0.15, 0.2) is 34.7 Å². The lowest BCUT2D eigenvalue weighted by Gasteiger charge is -2.26. The van der Waals surface area contributed by atoms with Gasteiger partial charge in [0.15, 0.2) is 0 Å². The molecule has 0 bridgehead atoms. The summed E-state index contributed by atoms with van der Waals surface area (Å²) in [6.07, 6.45) is 2.62. The van der Waals surface area contributed by atoms with Gasteiger partial charge in [0.2, 0.25) is 10.0 Å². The first kappa shape index (κ1) is 15.0. The maximum atomic E-state index is 12.6. The van der Waals surface area contributed by atoms with Crippen LogP contribution in [0.3, 0.4) is 0 Å². The monoisotopic (exact) mass is 296 g/mol. The van der Waals surface area contributed by atoms with Crippen molar-refractivity contribution in [3.05, 3.63) is 35.4 Å².